The van der Waals surface area contributed by atoms with Gasteiger partial charge in [0.05, 0.1) is 13.3 Å². The molecule has 0 N–H and O–H groups in total. The zero-order valence-corrected chi connectivity index (χ0v) is 23.5. The summed E-state index contributed by atoms with van der Waals surface area (Å²) < 4.78 is 31.8. The van der Waals surface area contributed by atoms with E-state index >= 15 is 0 Å². The second-order valence-corrected chi connectivity index (χ2v) is 2.50. The van der Waals surface area contributed by atoms with Crippen molar-refractivity contribution < 1.29 is 176 Å². The Bertz CT molecular complexity index is 400. The molecule has 0 aliphatic heterocycles. The summed E-state index contributed by atoms with van der Waals surface area (Å²) >= 11 is 0. The Balaban J connectivity index is -0.000000429. The van der Waals surface area contributed by atoms with Crippen molar-refractivity contribution in [3.05, 3.63) is 24.0 Å². The third-order valence-corrected chi connectivity index (χ3v) is 1.36. The first-order valence-electron chi connectivity index (χ1n) is 4.24. The van der Waals surface area contributed by atoms with E-state index in [-0.39, 0.29) is 149 Å². The number of alkyl halides is 2. The average molecular weight is 529 g/mol. The van der Waals surface area contributed by atoms with Crippen LogP contribution in [-0.2, 0) is 4.74 Å². The molecule has 0 unspecified atom stereocenters. The largest absolute Gasteiger partial charge is 1.00 e. The van der Waals surface area contributed by atoms with Crippen LogP contribution in [-0.4, -0.2) is 30.8 Å². The second kappa shape index (κ2) is 15.5. The number of esters is 1. The van der Waals surface area contributed by atoms with E-state index in [0.717, 1.165) is 6.20 Å². The molecule has 1 heterocycles. The van der Waals surface area contributed by atoms with E-state index in [1.807, 2.05) is 0 Å². The van der Waals surface area contributed by atoms with E-state index < -0.39 is 18.7 Å². The van der Waals surface area contributed by atoms with Gasteiger partial charge in [0.1, 0.15) is 11.4 Å². The van der Waals surface area contributed by atoms with Crippen LogP contribution in [0.15, 0.2) is 18.3 Å². The summed E-state index contributed by atoms with van der Waals surface area (Å²) in [5, 5.41) is 16.7. The molecule has 0 amide bonds. The van der Waals surface area contributed by atoms with Crippen molar-refractivity contribution in [2.24, 2.45) is 0 Å². The molecular weight excluding hydrogens is 522 g/mol. The van der Waals surface area contributed by atoms with Crippen LogP contribution < -0.4 is 153 Å². The van der Waals surface area contributed by atoms with Crippen LogP contribution >= 0.6 is 0 Å². The quantitative estimate of drug-likeness (QED) is 0.358. The molecule has 0 saturated carbocycles. The first-order valence-corrected chi connectivity index (χ1v) is 4.24. The molecule has 0 fully saturated rings. The van der Waals surface area contributed by atoms with E-state index in [9.17, 15) is 13.6 Å². The molecule has 0 saturated heterocycles. The number of halogens is 2. The average Bonchev–Trinajstić information content (AvgIpc) is 2.27. The third kappa shape index (κ3) is 14.6. The first-order chi connectivity index (χ1) is 8.36. The van der Waals surface area contributed by atoms with Crippen LogP contribution in [0.1, 0.15) is 10.5 Å². The third-order valence-electron chi connectivity index (χ3n) is 1.36. The first kappa shape index (κ1) is 26.5. The minimum Gasteiger partial charge on any atom is -0.652 e. The van der Waals surface area contributed by atoms with Gasteiger partial charge in [-0.2, -0.15) is 8.78 Å². The molecule has 0 aliphatic rings. The van der Waals surface area contributed by atoms with E-state index in [4.69, 9.17) is 15.0 Å². The van der Waals surface area contributed by atoms with Gasteiger partial charge in [-0.05, 0) is 18.3 Å². The topological polar surface area (TPSA) is 112 Å². The molecule has 20 heavy (non-hydrogen) atoms. The fraction of sp³-hybridized carbons (Fsp3) is 0.222. The van der Waals surface area contributed by atoms with Crippen LogP contribution in [0.2, 0.25) is 0 Å². The molecule has 100 valence electrons. The van der Waals surface area contributed by atoms with Crippen LogP contribution in [0.3, 0.4) is 0 Å². The predicted octanol–water partition coefficient (Wildman–Crippen LogP) is -6.97. The number of carboxylic acid groups (broad SMARTS) is 2. The molecule has 7 nitrogen and oxygen atoms in total. The van der Waals surface area contributed by atoms with Crippen LogP contribution in [0, 0.1) is 0 Å². The van der Waals surface area contributed by atoms with Crippen molar-refractivity contribution in [2.75, 3.05) is 7.11 Å². The van der Waals surface area contributed by atoms with Gasteiger partial charge in [0, 0.05) is 0 Å². The number of ether oxygens (including phenoxy) is 2. The smallest absolute Gasteiger partial charge is 0.652 e. The van der Waals surface area contributed by atoms with Crippen molar-refractivity contribution in [3.63, 3.8) is 0 Å². The van der Waals surface area contributed by atoms with E-state index in [2.05, 4.69) is 14.5 Å². The molecule has 0 aromatic carbocycles. The fourth-order valence-electron chi connectivity index (χ4n) is 0.778. The van der Waals surface area contributed by atoms with Gasteiger partial charge >= 0.3 is 150 Å². The van der Waals surface area contributed by atoms with Crippen LogP contribution in [0.4, 0.5) is 13.6 Å². The SMILES string of the molecule is COC(=O)c1ccc(OC(F)F)cn1.O=C([O-])[O-].[Cs+].[Cs+]. The number of hydrogen-bond donors (Lipinski definition) is 0. The summed E-state index contributed by atoms with van der Waals surface area (Å²) in [5.41, 5.74) is 0.0362. The Morgan fingerprint density at radius 3 is 2.05 bits per heavy atom. The van der Waals surface area contributed by atoms with Gasteiger partial charge < -0.3 is 24.5 Å². The number of rotatable bonds is 3. The monoisotopic (exact) mass is 529 g/mol. The Labute approximate surface area is 230 Å². The summed E-state index contributed by atoms with van der Waals surface area (Å²) in [5.74, 6) is -0.735. The number of methoxy groups -OCH3 is 1. The van der Waals surface area contributed by atoms with Gasteiger partial charge in [0.25, 0.3) is 0 Å². The van der Waals surface area contributed by atoms with Gasteiger partial charge in [-0.1, -0.05) is 0 Å². The zero-order chi connectivity index (χ0) is 14.1. The maximum Gasteiger partial charge on any atom is 1.00 e. The Morgan fingerprint density at radius 2 is 1.75 bits per heavy atom. The zero-order valence-electron chi connectivity index (χ0n) is 11.0. The van der Waals surface area contributed by atoms with E-state index in [0.29, 0.717) is 0 Å². The Hall–Kier alpha value is 1.65. The van der Waals surface area contributed by atoms with Gasteiger partial charge in [0.15, 0.2) is 0 Å². The number of pyridine rings is 1. The van der Waals surface area contributed by atoms with Gasteiger partial charge in [0.2, 0.25) is 0 Å². The van der Waals surface area contributed by atoms with Crippen molar-refractivity contribution >= 4 is 12.1 Å². The minimum absolute atomic E-state index is 0. The summed E-state index contributed by atoms with van der Waals surface area (Å²) in [6.45, 7) is -2.90. The van der Waals surface area contributed by atoms with E-state index in [1.165, 1.54) is 19.2 Å². The summed E-state index contributed by atoms with van der Waals surface area (Å²) in [6, 6.07) is 2.45. The van der Waals surface area contributed by atoms with Crippen LogP contribution in [0.25, 0.3) is 0 Å². The molecule has 1 aromatic rings. The second-order valence-electron chi connectivity index (χ2n) is 2.50. The van der Waals surface area contributed by atoms with Gasteiger partial charge in [-0.3, -0.25) is 0 Å². The normalized spacial score (nSPS) is 8.20. The molecule has 0 bridgehead atoms. The molecule has 0 aliphatic carbocycles. The molecule has 0 atom stereocenters. The van der Waals surface area contributed by atoms with Crippen molar-refractivity contribution in [3.8, 4) is 5.75 Å². The molecule has 1 aromatic heterocycles. The number of hydrogen-bond acceptors (Lipinski definition) is 7. The van der Waals surface area contributed by atoms with Crippen molar-refractivity contribution in [2.45, 2.75) is 6.61 Å². The Morgan fingerprint density at radius 1 is 1.25 bits per heavy atom. The fourth-order valence-corrected chi connectivity index (χ4v) is 0.778. The number of carbonyl (C=O) groups is 2. The maximum atomic E-state index is 11.7. The van der Waals surface area contributed by atoms with Crippen molar-refractivity contribution in [1.29, 1.82) is 0 Å². The molecular formula is C9H7Cs2F2NO6. The molecule has 0 spiro atoms. The van der Waals surface area contributed by atoms with Gasteiger partial charge in [-0.25, -0.2) is 9.78 Å². The standard InChI is InChI=1S/C8H7F2NO3.CH2O3.2Cs/c1-13-7(12)6-3-2-5(4-11-6)14-8(9)10;2-1(3)4;;/h2-4,8H,1H3;(H2,2,3,4);;/q;;2*+1/p-2. The summed E-state index contributed by atoms with van der Waals surface area (Å²) in [6.07, 6.45) is -1.31. The Kier molecular flexibility index (Phi) is 20.6. The molecule has 0 radical (unpaired) electrons. The van der Waals surface area contributed by atoms with E-state index in [1.54, 1.807) is 0 Å². The summed E-state index contributed by atoms with van der Waals surface area (Å²) in [7, 11) is 1.20. The summed E-state index contributed by atoms with van der Waals surface area (Å²) in [4.78, 5) is 22.8. The predicted molar refractivity (Wildman–Crippen MR) is 47.6 cm³/mol. The molecule has 11 heteroatoms. The number of aromatic nitrogens is 1. The number of nitrogens with zero attached hydrogens (tertiary/aromatic N) is 1. The van der Waals surface area contributed by atoms with Gasteiger partial charge in [-0.15, -0.1) is 0 Å². The minimum atomic E-state index is -2.90. The van der Waals surface area contributed by atoms with Crippen LogP contribution in [0.5, 0.6) is 5.75 Å². The molecule has 1 rings (SSSR count). The van der Waals surface area contributed by atoms with Crippen molar-refractivity contribution in [1.82, 2.24) is 4.98 Å². The maximum absolute atomic E-state index is 11.7. The number of carbonyl (C=O) groups excluding carboxylic acids is 2.